The molecule has 13 rings (SSSR count). The van der Waals surface area contributed by atoms with Crippen LogP contribution in [-0.4, -0.2) is 87.9 Å². The topological polar surface area (TPSA) is 214 Å². The van der Waals surface area contributed by atoms with Gasteiger partial charge in [0.05, 0.1) is 63.2 Å². The van der Waals surface area contributed by atoms with E-state index in [2.05, 4.69) is 86.5 Å². The van der Waals surface area contributed by atoms with E-state index in [1.165, 1.54) is 44.9 Å². The number of ether oxygens (including phenoxy) is 4. The minimum absolute atomic E-state index is 0.0550. The lowest BCUT2D eigenvalue weighted by atomic mass is 9.78. The van der Waals surface area contributed by atoms with Crippen LogP contribution >= 0.6 is 66.1 Å². The standard InChI is InChI=1S/C14H18BClO3.C9H9BrO2.C9H9IO.C9H8O2.C9H10O2.C9H10O.C7H7BrO.C7H9NO/c1-13(2)14(3,4)19-15(18-13)10-5-6-11-9(12(10)16)7-8-17-11;1-6-3-2-4-7(11)9(6)8(12)5-10;1-6-7-4-5-11-9(7)3-2-8(6)10;1-6-3-2-4-8-9(6)7(10)5-11-8;1-6-4-3-5-8(11)9(6)7(2)10;1-7-3-2-4-9-8(7)5-6-10-9;2*1-5-3-2-4-6(9)7(5)8/h5-6H,7-8H2,1-4H3;2-4,11H,5H2,1H3;2-3H,4-5H2,1H3;2-4H,5H2,1H3;3-5,11H,1-2H3;2-4H,5-6H2,1H3;2-4,9H,1H3;2-4,9H,8H2,1H3. The summed E-state index contributed by atoms with van der Waals surface area (Å²) in [7, 11) is -0.414. The van der Waals surface area contributed by atoms with Crippen molar-refractivity contribution in [2.75, 3.05) is 37.5 Å². The van der Waals surface area contributed by atoms with Crippen LogP contribution in [0.4, 0.5) is 5.69 Å². The van der Waals surface area contributed by atoms with Gasteiger partial charge in [0.25, 0.3) is 0 Å². The summed E-state index contributed by atoms with van der Waals surface area (Å²) in [5.41, 5.74) is 18.9. The van der Waals surface area contributed by atoms with E-state index in [9.17, 15) is 24.6 Å². The molecule has 0 radical (unpaired) electrons. The van der Waals surface area contributed by atoms with Crippen LogP contribution in [0.25, 0.3) is 0 Å². The third kappa shape index (κ3) is 19.1. The average molecular weight is 1510 g/mol. The minimum Gasteiger partial charge on any atom is -0.507 e. The third-order valence-corrected chi connectivity index (χ3v) is 19.2. The van der Waals surface area contributed by atoms with Gasteiger partial charge in [-0.15, -0.1) is 0 Å². The van der Waals surface area contributed by atoms with Crippen LogP contribution < -0.4 is 30.1 Å². The molecule has 6 N–H and O–H groups in total. The predicted molar refractivity (Wildman–Crippen MR) is 382 cm³/mol. The molecule has 8 aromatic rings. The number of rotatable bonds is 4. The maximum Gasteiger partial charge on any atom is 0.496 e. The fraction of sp³-hybridized carbons (Fsp3) is 0.301. The number of Topliss-reactive ketones (excluding diaryl/α,β-unsaturated/α-hetero) is 3. The summed E-state index contributed by atoms with van der Waals surface area (Å²) < 4.78 is 35.7. The fourth-order valence-electron chi connectivity index (χ4n) is 10.0. The lowest BCUT2D eigenvalue weighted by Gasteiger charge is -2.32. The number of alkyl halides is 1. The molecule has 5 heterocycles. The maximum atomic E-state index is 11.2. The highest BCUT2D eigenvalue weighted by molar-refractivity contribution is 14.1. The normalized spacial score (nSPS) is 14.1. The number of fused-ring (bicyclic) bond motifs is 4. The molecule has 0 aromatic heterocycles. The fourth-order valence-corrected chi connectivity index (χ4v) is 11.4. The molecule has 1 fully saturated rings. The largest absolute Gasteiger partial charge is 0.507 e. The second kappa shape index (κ2) is 33.7. The molecule has 0 atom stereocenters. The molecule has 5 aliphatic rings. The van der Waals surface area contributed by atoms with Gasteiger partial charge >= 0.3 is 7.12 Å². The van der Waals surface area contributed by atoms with E-state index in [0.29, 0.717) is 34.2 Å². The van der Waals surface area contributed by atoms with Crippen LogP contribution in [0.5, 0.6) is 46.0 Å². The zero-order chi connectivity index (χ0) is 67.8. The summed E-state index contributed by atoms with van der Waals surface area (Å²) in [6.07, 6.45) is 3.02. The Labute approximate surface area is 576 Å². The van der Waals surface area contributed by atoms with E-state index in [1.54, 1.807) is 56.3 Å². The van der Waals surface area contributed by atoms with E-state index >= 15 is 0 Å². The molecular formula is C73H80BBr2ClINO13. The van der Waals surface area contributed by atoms with E-state index in [4.69, 9.17) is 55.8 Å². The summed E-state index contributed by atoms with van der Waals surface area (Å²) in [5.74, 6) is 4.27. The molecule has 1 saturated heterocycles. The van der Waals surface area contributed by atoms with Crippen molar-refractivity contribution in [2.24, 2.45) is 0 Å². The van der Waals surface area contributed by atoms with Gasteiger partial charge in [-0.25, -0.2) is 0 Å². The summed E-state index contributed by atoms with van der Waals surface area (Å²) in [5, 5.41) is 37.6. The van der Waals surface area contributed by atoms with Crippen LogP contribution in [0, 0.1) is 52.0 Å². The molecule has 92 heavy (non-hydrogen) atoms. The molecule has 486 valence electrons. The highest BCUT2D eigenvalue weighted by Crippen LogP contribution is 2.39. The van der Waals surface area contributed by atoms with E-state index in [-0.39, 0.29) is 57.7 Å². The van der Waals surface area contributed by atoms with Crippen molar-refractivity contribution in [3.8, 4) is 46.0 Å². The average Bonchev–Trinajstić information content (AvgIpc) is 1.62. The van der Waals surface area contributed by atoms with E-state index < -0.39 is 7.12 Å². The van der Waals surface area contributed by atoms with Crippen LogP contribution in [0.15, 0.2) is 138 Å². The molecule has 5 aliphatic heterocycles. The molecule has 0 aliphatic carbocycles. The first-order valence-electron chi connectivity index (χ1n) is 29.8. The highest BCUT2D eigenvalue weighted by Gasteiger charge is 2.52. The van der Waals surface area contributed by atoms with Crippen molar-refractivity contribution >= 4 is 102 Å². The van der Waals surface area contributed by atoms with Gasteiger partial charge in [-0.05, 0) is 215 Å². The first-order valence-corrected chi connectivity index (χ1v) is 33.2. The Balaban J connectivity index is 0.000000169. The van der Waals surface area contributed by atoms with Gasteiger partial charge in [0, 0.05) is 50.0 Å². The Morgan fingerprint density at radius 1 is 0.554 bits per heavy atom. The number of benzene rings is 8. The van der Waals surface area contributed by atoms with Crippen molar-refractivity contribution in [1.29, 1.82) is 0 Å². The number of aromatic hydroxyl groups is 4. The summed E-state index contributed by atoms with van der Waals surface area (Å²) >= 11 is 15.1. The second-order valence-corrected chi connectivity index (χ2v) is 26.1. The second-order valence-electron chi connectivity index (χ2n) is 23.2. The highest BCUT2D eigenvalue weighted by atomic mass is 127. The van der Waals surface area contributed by atoms with E-state index in [1.807, 2.05) is 109 Å². The number of hydrogen-bond donors (Lipinski definition) is 5. The van der Waals surface area contributed by atoms with Crippen molar-refractivity contribution < 1.29 is 63.1 Å². The van der Waals surface area contributed by atoms with Gasteiger partial charge in [0.1, 0.15) is 46.0 Å². The Morgan fingerprint density at radius 2 is 1.00 bits per heavy atom. The predicted octanol–water partition coefficient (Wildman–Crippen LogP) is 16.5. The smallest absolute Gasteiger partial charge is 0.496 e. The number of para-hydroxylation sites is 1. The number of carbonyl (C=O) groups excluding carboxylic acids is 3. The van der Waals surface area contributed by atoms with Gasteiger partial charge in [-0.2, -0.15) is 0 Å². The molecule has 0 unspecified atom stereocenters. The number of ketones is 3. The molecule has 0 spiro atoms. The van der Waals surface area contributed by atoms with Crippen molar-refractivity contribution in [3.05, 3.63) is 219 Å². The molecule has 14 nitrogen and oxygen atoms in total. The molecule has 8 aromatic carbocycles. The summed E-state index contributed by atoms with van der Waals surface area (Å²) in [6.45, 7) is 25.8. The van der Waals surface area contributed by atoms with Gasteiger partial charge in [0.2, 0.25) is 5.78 Å². The number of nitrogens with two attached hydrogens (primary N) is 1. The zero-order valence-corrected chi connectivity index (χ0v) is 60.1. The molecule has 0 saturated carbocycles. The third-order valence-electron chi connectivity index (χ3n) is 16.0. The van der Waals surface area contributed by atoms with Crippen LogP contribution in [0.3, 0.4) is 0 Å². The zero-order valence-electron chi connectivity index (χ0n) is 54.0. The number of nitrogen functional groups attached to an aromatic ring is 1. The number of phenols is 4. The van der Waals surface area contributed by atoms with Gasteiger partial charge in [-0.1, -0.05) is 106 Å². The summed E-state index contributed by atoms with van der Waals surface area (Å²) in [4.78, 5) is 33.3. The SMILES string of the molecule is CC(=O)c1c(C)cccc1O.CC1(C)OB(c2ccc3c(c2Cl)CCO3)OC1(C)C.Cc1c(I)ccc2c1CCO2.Cc1cccc(O)c1Br.Cc1cccc(O)c1C(=O)CBr.Cc1cccc(O)c1N.Cc1cccc2c1C(=O)CO2.Cc1cccc2c1CCO2. The Kier molecular flexibility index (Phi) is 27.1. The number of aryl methyl sites for hydroxylation is 6. The van der Waals surface area contributed by atoms with Crippen LogP contribution in [0.1, 0.15) is 121 Å². The van der Waals surface area contributed by atoms with Crippen LogP contribution in [0.2, 0.25) is 5.02 Å². The maximum absolute atomic E-state index is 11.2. The van der Waals surface area contributed by atoms with E-state index in [0.717, 1.165) is 104 Å². The number of anilines is 1. The number of hydrogen-bond acceptors (Lipinski definition) is 14. The Morgan fingerprint density at radius 3 is 1.49 bits per heavy atom. The lowest BCUT2D eigenvalue weighted by molar-refractivity contribution is 0.00578. The molecular weight excluding hydrogens is 1430 g/mol. The van der Waals surface area contributed by atoms with Gasteiger partial charge in [-0.3, -0.25) is 14.4 Å². The van der Waals surface area contributed by atoms with Crippen molar-refractivity contribution in [1.82, 2.24) is 0 Å². The monoisotopic (exact) mass is 1510 g/mol. The minimum atomic E-state index is -0.414. The van der Waals surface area contributed by atoms with Crippen molar-refractivity contribution in [2.45, 2.75) is 114 Å². The Bertz CT molecular complexity index is 3770. The lowest BCUT2D eigenvalue weighted by Crippen LogP contribution is -2.41. The van der Waals surface area contributed by atoms with Crippen LogP contribution in [-0.2, 0) is 28.6 Å². The molecule has 0 bridgehead atoms. The summed E-state index contributed by atoms with van der Waals surface area (Å²) in [6, 6.07) is 40.6. The van der Waals surface area contributed by atoms with Crippen molar-refractivity contribution in [3.63, 3.8) is 0 Å². The molecule has 19 heteroatoms. The number of halogens is 4. The Hall–Kier alpha value is -7.07. The molecule has 0 amide bonds. The first kappa shape index (κ1) is 74.0. The quantitative estimate of drug-likeness (QED) is 0.0277. The first-order chi connectivity index (χ1) is 43.5. The van der Waals surface area contributed by atoms with Gasteiger partial charge < -0.3 is 54.4 Å². The van der Waals surface area contributed by atoms with Gasteiger partial charge in [0.15, 0.2) is 18.2 Å². The number of phenolic OH excluding ortho intramolecular Hbond substituents is 4. The number of carbonyl (C=O) groups is 3.